The van der Waals surface area contributed by atoms with Gasteiger partial charge in [0, 0.05) is 12.3 Å². The number of ether oxygens (including phenoxy) is 1. The van der Waals surface area contributed by atoms with Gasteiger partial charge in [-0.25, -0.2) is 9.07 Å². The van der Waals surface area contributed by atoms with Crippen LogP contribution in [0.3, 0.4) is 0 Å². The molecule has 0 saturated carbocycles. The maximum absolute atomic E-state index is 14.2. The molecule has 1 aliphatic rings. The number of aromatic nitrogens is 4. The van der Waals surface area contributed by atoms with E-state index >= 15 is 0 Å². The molecule has 1 atom stereocenters. The van der Waals surface area contributed by atoms with E-state index in [2.05, 4.69) is 15.5 Å². The Labute approximate surface area is 109 Å². The van der Waals surface area contributed by atoms with Crippen LogP contribution in [0.1, 0.15) is 18.0 Å². The van der Waals surface area contributed by atoms with Gasteiger partial charge in [0.25, 0.3) is 0 Å². The number of nitrogen functional groups attached to an aromatic ring is 1. The third-order valence-electron chi connectivity index (χ3n) is 3.26. The lowest BCUT2D eigenvalue weighted by molar-refractivity contribution is 0.184. The van der Waals surface area contributed by atoms with Crippen molar-refractivity contribution in [3.63, 3.8) is 0 Å². The molecule has 1 aromatic carbocycles. The van der Waals surface area contributed by atoms with E-state index in [-0.39, 0.29) is 11.9 Å². The summed E-state index contributed by atoms with van der Waals surface area (Å²) in [6.07, 6.45) is 0.820. The fourth-order valence-electron chi connectivity index (χ4n) is 2.29. The van der Waals surface area contributed by atoms with Gasteiger partial charge in [0.2, 0.25) is 0 Å². The fourth-order valence-corrected chi connectivity index (χ4v) is 2.29. The first-order valence-corrected chi connectivity index (χ1v) is 6.08. The predicted octanol–water partition coefficient (Wildman–Crippen LogP) is 1.33. The second-order valence-corrected chi connectivity index (χ2v) is 4.66. The average Bonchev–Trinajstić information content (AvgIpc) is 3.02. The summed E-state index contributed by atoms with van der Waals surface area (Å²) in [6, 6.07) is 3.19. The first kappa shape index (κ1) is 12.0. The minimum atomic E-state index is -0.343. The third kappa shape index (κ3) is 2.06. The van der Waals surface area contributed by atoms with Crippen molar-refractivity contribution in [2.75, 3.05) is 18.9 Å². The summed E-state index contributed by atoms with van der Waals surface area (Å²) in [6.45, 7) is 2.88. The lowest BCUT2D eigenvalue weighted by Crippen LogP contribution is -2.13. The van der Waals surface area contributed by atoms with Gasteiger partial charge in [0.1, 0.15) is 5.82 Å². The van der Waals surface area contributed by atoms with Crippen molar-refractivity contribution in [3.05, 3.63) is 23.5 Å². The molecule has 1 saturated heterocycles. The van der Waals surface area contributed by atoms with Gasteiger partial charge in [0.05, 0.1) is 18.2 Å². The van der Waals surface area contributed by atoms with Crippen LogP contribution in [0, 0.1) is 12.7 Å². The monoisotopic (exact) mass is 263 g/mol. The summed E-state index contributed by atoms with van der Waals surface area (Å²) in [5.74, 6) is 0.0487. The molecule has 6 nitrogen and oxygen atoms in total. The molecule has 0 radical (unpaired) electrons. The van der Waals surface area contributed by atoms with Crippen LogP contribution in [-0.2, 0) is 4.74 Å². The van der Waals surface area contributed by atoms with Gasteiger partial charge in [0.15, 0.2) is 5.82 Å². The van der Waals surface area contributed by atoms with E-state index in [1.54, 1.807) is 23.7 Å². The smallest absolute Gasteiger partial charge is 0.185 e. The Morgan fingerprint density at radius 3 is 3.05 bits per heavy atom. The van der Waals surface area contributed by atoms with Crippen LogP contribution in [0.15, 0.2) is 12.1 Å². The van der Waals surface area contributed by atoms with E-state index in [0.29, 0.717) is 35.9 Å². The molecule has 3 rings (SSSR count). The second kappa shape index (κ2) is 4.58. The van der Waals surface area contributed by atoms with E-state index in [1.165, 1.54) is 0 Å². The molecule has 2 heterocycles. The highest BCUT2D eigenvalue weighted by atomic mass is 19.1. The van der Waals surface area contributed by atoms with Crippen molar-refractivity contribution >= 4 is 5.69 Å². The molecule has 0 aliphatic carbocycles. The molecule has 1 unspecified atom stereocenters. The molecule has 0 bridgehead atoms. The number of halogens is 1. The molecule has 1 aromatic heterocycles. The van der Waals surface area contributed by atoms with Crippen molar-refractivity contribution < 1.29 is 9.13 Å². The SMILES string of the molecule is Cc1cc(N)cc(-c2nnnn2C2CCOC2)c1F. The molecule has 0 spiro atoms. The van der Waals surface area contributed by atoms with Crippen LogP contribution in [0.25, 0.3) is 11.4 Å². The van der Waals surface area contributed by atoms with Crippen molar-refractivity contribution in [2.24, 2.45) is 0 Å². The fraction of sp³-hybridized carbons (Fsp3) is 0.417. The number of rotatable bonds is 2. The minimum absolute atomic E-state index is 0.0473. The van der Waals surface area contributed by atoms with Gasteiger partial charge < -0.3 is 10.5 Å². The van der Waals surface area contributed by atoms with Crippen molar-refractivity contribution in [3.8, 4) is 11.4 Å². The third-order valence-corrected chi connectivity index (χ3v) is 3.26. The van der Waals surface area contributed by atoms with Crippen LogP contribution < -0.4 is 5.73 Å². The number of hydrogen-bond acceptors (Lipinski definition) is 5. The van der Waals surface area contributed by atoms with E-state index in [9.17, 15) is 4.39 Å². The number of hydrogen-bond donors (Lipinski definition) is 1. The quantitative estimate of drug-likeness (QED) is 0.827. The van der Waals surface area contributed by atoms with Crippen LogP contribution >= 0.6 is 0 Å². The lowest BCUT2D eigenvalue weighted by Gasteiger charge is -2.11. The van der Waals surface area contributed by atoms with Gasteiger partial charge in [-0.15, -0.1) is 5.10 Å². The molecular weight excluding hydrogens is 249 g/mol. The van der Waals surface area contributed by atoms with Crippen molar-refractivity contribution in [1.82, 2.24) is 20.2 Å². The maximum atomic E-state index is 14.2. The zero-order chi connectivity index (χ0) is 13.4. The summed E-state index contributed by atoms with van der Waals surface area (Å²) in [5.41, 5.74) is 7.07. The Morgan fingerprint density at radius 1 is 1.47 bits per heavy atom. The topological polar surface area (TPSA) is 78.9 Å². The number of tetrazole rings is 1. The Kier molecular flexibility index (Phi) is 2.90. The van der Waals surface area contributed by atoms with E-state index in [1.807, 2.05) is 0 Å². The maximum Gasteiger partial charge on any atom is 0.185 e. The standard InChI is InChI=1S/C12H14FN5O/c1-7-4-8(14)5-10(11(7)13)12-15-16-17-18(12)9-2-3-19-6-9/h4-5,9H,2-3,6,14H2,1H3. The summed E-state index contributed by atoms with van der Waals surface area (Å²) in [7, 11) is 0. The Bertz CT molecular complexity index is 606. The van der Waals surface area contributed by atoms with E-state index in [0.717, 1.165) is 6.42 Å². The summed E-state index contributed by atoms with van der Waals surface area (Å²) in [5, 5.41) is 11.5. The van der Waals surface area contributed by atoms with E-state index in [4.69, 9.17) is 10.5 Å². The molecule has 19 heavy (non-hydrogen) atoms. The molecule has 7 heteroatoms. The van der Waals surface area contributed by atoms with Gasteiger partial charge in [-0.2, -0.15) is 0 Å². The summed E-state index contributed by atoms with van der Waals surface area (Å²) in [4.78, 5) is 0. The highest BCUT2D eigenvalue weighted by Crippen LogP contribution is 2.29. The van der Waals surface area contributed by atoms with Crippen LogP contribution in [-0.4, -0.2) is 33.4 Å². The van der Waals surface area contributed by atoms with Gasteiger partial charge in [-0.3, -0.25) is 0 Å². The summed E-state index contributed by atoms with van der Waals surface area (Å²) >= 11 is 0. The normalized spacial score (nSPS) is 18.9. The van der Waals surface area contributed by atoms with E-state index < -0.39 is 0 Å². The minimum Gasteiger partial charge on any atom is -0.399 e. The first-order chi connectivity index (χ1) is 9.16. The molecule has 1 fully saturated rings. The Balaban J connectivity index is 2.10. The average molecular weight is 263 g/mol. The number of aryl methyl sites for hydroxylation is 1. The Morgan fingerprint density at radius 2 is 2.32 bits per heavy atom. The van der Waals surface area contributed by atoms with Crippen molar-refractivity contribution in [1.29, 1.82) is 0 Å². The molecule has 2 N–H and O–H groups in total. The zero-order valence-electron chi connectivity index (χ0n) is 10.5. The number of nitrogens with zero attached hydrogens (tertiary/aromatic N) is 4. The predicted molar refractivity (Wildman–Crippen MR) is 66.8 cm³/mol. The highest BCUT2D eigenvalue weighted by Gasteiger charge is 2.24. The van der Waals surface area contributed by atoms with Gasteiger partial charge >= 0.3 is 0 Å². The number of benzene rings is 1. The molecule has 0 amide bonds. The largest absolute Gasteiger partial charge is 0.399 e. The molecule has 100 valence electrons. The second-order valence-electron chi connectivity index (χ2n) is 4.66. The lowest BCUT2D eigenvalue weighted by atomic mass is 10.1. The molecule has 2 aromatic rings. The van der Waals surface area contributed by atoms with Crippen LogP contribution in [0.2, 0.25) is 0 Å². The first-order valence-electron chi connectivity index (χ1n) is 6.08. The van der Waals surface area contributed by atoms with Crippen molar-refractivity contribution in [2.45, 2.75) is 19.4 Å². The molecule has 1 aliphatic heterocycles. The Hall–Kier alpha value is -2.02. The highest BCUT2D eigenvalue weighted by molar-refractivity contribution is 5.63. The zero-order valence-corrected chi connectivity index (χ0v) is 10.5. The number of anilines is 1. The van der Waals surface area contributed by atoms with Gasteiger partial charge in [-0.05, 0) is 41.5 Å². The van der Waals surface area contributed by atoms with Crippen LogP contribution in [0.4, 0.5) is 10.1 Å². The van der Waals surface area contributed by atoms with Gasteiger partial charge in [-0.1, -0.05) is 0 Å². The van der Waals surface area contributed by atoms with Crippen LogP contribution in [0.5, 0.6) is 0 Å². The summed E-state index contributed by atoms with van der Waals surface area (Å²) < 4.78 is 21.1. The molecular formula is C12H14FN5O. The number of nitrogens with two attached hydrogens (primary N) is 1.